The summed E-state index contributed by atoms with van der Waals surface area (Å²) in [7, 11) is 2.27. The molecule has 2 N–H and O–H groups in total. The Hall–Kier alpha value is -0.460. The molecular weight excluding hydrogens is 665 g/mol. The van der Waals surface area contributed by atoms with Gasteiger partial charge < -0.3 is 24.8 Å². The number of likely N-dealkylation sites (tertiary alicyclic amines) is 1. The van der Waals surface area contributed by atoms with Crippen molar-refractivity contribution in [1.29, 1.82) is 0 Å². The van der Waals surface area contributed by atoms with Crippen LogP contribution < -0.4 is 5.32 Å². The van der Waals surface area contributed by atoms with Gasteiger partial charge in [-0.3, -0.25) is 0 Å². The molecule has 0 aromatic rings. The first-order chi connectivity index (χ1) is 26.5. The van der Waals surface area contributed by atoms with E-state index in [-0.39, 0.29) is 0 Å². The molecule has 322 valence electrons. The van der Waals surface area contributed by atoms with Crippen molar-refractivity contribution in [3.63, 3.8) is 0 Å². The van der Waals surface area contributed by atoms with Crippen LogP contribution in [0.15, 0.2) is 12.2 Å². The van der Waals surface area contributed by atoms with Crippen molar-refractivity contribution < 1.29 is 14.6 Å². The normalized spacial score (nSPS) is 16.7. The summed E-state index contributed by atoms with van der Waals surface area (Å²) in [5.74, 6) is 1.23. The molecule has 0 radical (unpaired) electrons. The van der Waals surface area contributed by atoms with Crippen molar-refractivity contribution in [3.8, 4) is 0 Å². The van der Waals surface area contributed by atoms with Crippen molar-refractivity contribution in [2.24, 2.45) is 11.8 Å². The number of aliphatic hydroxyl groups is 1. The molecule has 1 rings (SSSR count). The fraction of sp³-hybridized carbons (Fsp3) is 0.959. The molecule has 0 aliphatic carbocycles. The van der Waals surface area contributed by atoms with Gasteiger partial charge in [-0.15, -0.1) is 0 Å². The molecule has 0 bridgehead atoms. The molecule has 0 aromatic heterocycles. The molecule has 4 unspecified atom stereocenters. The number of allylic oxidation sites excluding steroid dienone is 1. The number of hydrogen-bond donors (Lipinski definition) is 2. The SMILES string of the molecule is CCCC/C=C/C(CCCC)COCCCCCCCCCC(CCCCCCCCC(O)OCC(CCCC)CCCCCC)NC1CCN(C)CC1. The van der Waals surface area contributed by atoms with Gasteiger partial charge in [-0.2, -0.15) is 0 Å². The fourth-order valence-corrected chi connectivity index (χ4v) is 8.26. The van der Waals surface area contributed by atoms with Gasteiger partial charge in [0.25, 0.3) is 0 Å². The predicted molar refractivity (Wildman–Crippen MR) is 238 cm³/mol. The maximum absolute atomic E-state index is 10.5. The second-order valence-corrected chi connectivity index (χ2v) is 17.6. The third kappa shape index (κ3) is 32.6. The van der Waals surface area contributed by atoms with Crippen LogP contribution in [0.4, 0.5) is 0 Å². The van der Waals surface area contributed by atoms with Gasteiger partial charge in [-0.25, -0.2) is 0 Å². The fourth-order valence-electron chi connectivity index (χ4n) is 8.26. The summed E-state index contributed by atoms with van der Waals surface area (Å²) >= 11 is 0. The summed E-state index contributed by atoms with van der Waals surface area (Å²) in [5.41, 5.74) is 0. The highest BCUT2D eigenvalue weighted by Crippen LogP contribution is 2.21. The Morgan fingerprint density at radius 2 is 1.11 bits per heavy atom. The Bertz CT molecular complexity index is 770. The number of aliphatic hydroxyl groups excluding tert-OH is 1. The highest BCUT2D eigenvalue weighted by molar-refractivity contribution is 4.88. The molecule has 0 amide bonds. The molecule has 1 aliphatic heterocycles. The number of nitrogens with one attached hydrogen (secondary N) is 1. The first-order valence-corrected chi connectivity index (χ1v) is 24.5. The van der Waals surface area contributed by atoms with E-state index in [2.05, 4.69) is 57.1 Å². The first kappa shape index (κ1) is 51.6. The van der Waals surface area contributed by atoms with E-state index >= 15 is 0 Å². The summed E-state index contributed by atoms with van der Waals surface area (Å²) in [6, 6.07) is 1.40. The minimum absolute atomic E-state index is 0.572. The van der Waals surface area contributed by atoms with Crippen LogP contribution in [0.25, 0.3) is 0 Å². The molecule has 0 aromatic carbocycles. The largest absolute Gasteiger partial charge is 0.381 e. The average molecular weight is 763 g/mol. The summed E-state index contributed by atoms with van der Waals surface area (Å²) in [5, 5.41) is 14.6. The molecule has 0 saturated carbocycles. The van der Waals surface area contributed by atoms with E-state index in [1.165, 1.54) is 206 Å². The molecule has 1 saturated heterocycles. The number of piperidine rings is 1. The second kappa shape index (κ2) is 39.4. The van der Waals surface area contributed by atoms with Crippen LogP contribution in [-0.4, -0.2) is 68.3 Å². The van der Waals surface area contributed by atoms with E-state index in [9.17, 15) is 5.11 Å². The second-order valence-electron chi connectivity index (χ2n) is 17.6. The Morgan fingerprint density at radius 3 is 1.74 bits per heavy atom. The smallest absolute Gasteiger partial charge is 0.154 e. The lowest BCUT2D eigenvalue weighted by Gasteiger charge is -2.33. The van der Waals surface area contributed by atoms with Gasteiger partial charge in [0.1, 0.15) is 0 Å². The van der Waals surface area contributed by atoms with E-state index in [0.717, 1.165) is 32.7 Å². The standard InChI is InChI=1S/C49H98N2O3/c1-6-10-14-25-33-45(31-12-8-3)43-53-42-30-24-20-16-17-21-27-35-47(50-48-38-40-51(5)41-39-48)36-28-22-18-19-23-29-37-49(52)54-44-46(32-13-9-4)34-26-15-11-7-2/h25,33,45-50,52H,6-24,26-32,34-44H2,1-5H3/b33-25+. The van der Waals surface area contributed by atoms with Crippen LogP contribution in [-0.2, 0) is 9.47 Å². The van der Waals surface area contributed by atoms with Crippen LogP contribution in [0, 0.1) is 11.8 Å². The summed E-state index contributed by atoms with van der Waals surface area (Å²) in [4.78, 5) is 2.49. The van der Waals surface area contributed by atoms with E-state index in [1.807, 2.05) is 0 Å². The van der Waals surface area contributed by atoms with Crippen molar-refractivity contribution in [1.82, 2.24) is 10.2 Å². The predicted octanol–water partition coefficient (Wildman–Crippen LogP) is 14.0. The van der Waals surface area contributed by atoms with Gasteiger partial charge in [0.15, 0.2) is 6.29 Å². The Balaban J connectivity index is 2.19. The van der Waals surface area contributed by atoms with Crippen LogP contribution in [0.1, 0.15) is 233 Å². The minimum atomic E-state index is -0.572. The maximum atomic E-state index is 10.5. The zero-order valence-corrected chi connectivity index (χ0v) is 37.4. The summed E-state index contributed by atoms with van der Waals surface area (Å²) < 4.78 is 12.1. The number of hydrogen-bond acceptors (Lipinski definition) is 5. The molecule has 1 heterocycles. The molecule has 1 fully saturated rings. The van der Waals surface area contributed by atoms with E-state index in [1.54, 1.807) is 0 Å². The molecule has 0 spiro atoms. The third-order valence-corrected chi connectivity index (χ3v) is 12.1. The van der Waals surface area contributed by atoms with Crippen LogP contribution >= 0.6 is 0 Å². The third-order valence-electron chi connectivity index (χ3n) is 12.1. The molecule has 5 heteroatoms. The lowest BCUT2D eigenvalue weighted by molar-refractivity contribution is -0.115. The van der Waals surface area contributed by atoms with Crippen molar-refractivity contribution in [3.05, 3.63) is 12.2 Å². The van der Waals surface area contributed by atoms with Crippen LogP contribution in [0.5, 0.6) is 0 Å². The topological polar surface area (TPSA) is 54.0 Å². The van der Waals surface area contributed by atoms with Crippen LogP contribution in [0.3, 0.4) is 0 Å². The molecule has 54 heavy (non-hydrogen) atoms. The van der Waals surface area contributed by atoms with Gasteiger partial charge in [0.2, 0.25) is 0 Å². The van der Waals surface area contributed by atoms with Gasteiger partial charge in [-0.1, -0.05) is 175 Å². The zero-order valence-electron chi connectivity index (χ0n) is 37.4. The zero-order chi connectivity index (χ0) is 39.2. The number of ether oxygens (including phenoxy) is 2. The maximum Gasteiger partial charge on any atom is 0.154 e. The molecule has 1 aliphatic rings. The summed E-state index contributed by atoms with van der Waals surface area (Å²) in [6.45, 7) is 14.2. The van der Waals surface area contributed by atoms with E-state index < -0.39 is 6.29 Å². The molecular formula is C49H98N2O3. The quantitative estimate of drug-likeness (QED) is 0.0369. The lowest BCUT2D eigenvalue weighted by Crippen LogP contribution is -2.45. The molecule has 4 atom stereocenters. The lowest BCUT2D eigenvalue weighted by atomic mass is 9.96. The Labute approximate surface area is 339 Å². The van der Waals surface area contributed by atoms with Crippen LogP contribution in [0.2, 0.25) is 0 Å². The highest BCUT2D eigenvalue weighted by atomic mass is 16.6. The monoisotopic (exact) mass is 763 g/mol. The number of rotatable bonds is 41. The van der Waals surface area contributed by atoms with Gasteiger partial charge >= 0.3 is 0 Å². The van der Waals surface area contributed by atoms with Crippen molar-refractivity contribution in [2.75, 3.05) is 40.0 Å². The highest BCUT2D eigenvalue weighted by Gasteiger charge is 2.20. The number of nitrogens with zero attached hydrogens (tertiary/aromatic N) is 1. The van der Waals surface area contributed by atoms with Crippen molar-refractivity contribution in [2.45, 2.75) is 252 Å². The van der Waals surface area contributed by atoms with E-state index in [0.29, 0.717) is 23.9 Å². The van der Waals surface area contributed by atoms with Gasteiger partial charge in [0.05, 0.1) is 13.2 Å². The van der Waals surface area contributed by atoms with Crippen molar-refractivity contribution >= 4 is 0 Å². The Morgan fingerprint density at radius 1 is 0.593 bits per heavy atom. The molecule has 5 nitrogen and oxygen atoms in total. The van der Waals surface area contributed by atoms with Gasteiger partial charge in [-0.05, 0) is 96.7 Å². The van der Waals surface area contributed by atoms with Gasteiger partial charge in [0, 0.05) is 24.6 Å². The Kier molecular flexibility index (Phi) is 37.6. The van der Waals surface area contributed by atoms with E-state index in [4.69, 9.17) is 9.47 Å². The average Bonchev–Trinajstić information content (AvgIpc) is 3.18. The number of unbranched alkanes of at least 4 members (excludes halogenated alkanes) is 18. The summed E-state index contributed by atoms with van der Waals surface area (Å²) in [6.07, 6.45) is 45.4. The minimum Gasteiger partial charge on any atom is -0.381 e. The first-order valence-electron chi connectivity index (χ1n) is 24.5.